The number of alkyl halides is 6. The van der Waals surface area contributed by atoms with Gasteiger partial charge in [-0.25, -0.2) is 4.98 Å². The molecule has 9 nitrogen and oxygen atoms in total. The first kappa shape index (κ1) is 29.1. The summed E-state index contributed by atoms with van der Waals surface area (Å²) >= 11 is 0. The zero-order chi connectivity index (χ0) is 30.4. The molecule has 0 radical (unpaired) electrons. The van der Waals surface area contributed by atoms with Crippen molar-refractivity contribution in [1.82, 2.24) is 19.9 Å². The van der Waals surface area contributed by atoms with Gasteiger partial charge in [0.15, 0.2) is 0 Å². The second-order valence-corrected chi connectivity index (χ2v) is 9.98. The summed E-state index contributed by atoms with van der Waals surface area (Å²) in [6.45, 7) is 1.72. The highest BCUT2D eigenvalue weighted by Gasteiger charge is 2.55. The van der Waals surface area contributed by atoms with Crippen LogP contribution in [0.5, 0.6) is 6.01 Å². The first-order valence-corrected chi connectivity index (χ1v) is 12.7. The number of ether oxygens (including phenoxy) is 1. The molecular weight excluding hydrogens is 570 g/mol. The molecule has 222 valence electrons. The molecule has 0 atom stereocenters. The third-order valence-corrected chi connectivity index (χ3v) is 7.52. The Bertz CT molecular complexity index is 1490. The number of benzene rings is 2. The number of halogens is 6. The molecule has 3 heterocycles. The number of anilines is 2. The lowest BCUT2D eigenvalue weighted by Gasteiger charge is -2.43. The molecule has 2 aliphatic rings. The van der Waals surface area contributed by atoms with E-state index < -0.39 is 40.5 Å². The number of rotatable bonds is 4. The van der Waals surface area contributed by atoms with Crippen LogP contribution in [-0.4, -0.2) is 64.1 Å². The van der Waals surface area contributed by atoms with Crippen molar-refractivity contribution in [3.8, 4) is 6.01 Å². The smallest absolute Gasteiger partial charge is 0.416 e. The molecule has 2 aromatic carbocycles. The van der Waals surface area contributed by atoms with Gasteiger partial charge in [0.25, 0.3) is 11.8 Å². The number of hydrogen-bond donors (Lipinski definition) is 0. The highest BCUT2D eigenvalue weighted by Crippen LogP contribution is 2.42. The standard InChI is InChI=1S/C27H24F6N6O3/c1-16-5-3-4-6-20(16)39-15-38(23-34-14-35-24(36-23)42-2)22(41)25(39)7-9-37(10-8-25)21(40)17-11-18(26(28,29)30)13-19(12-17)27(31,32)33/h3-6,11-14H,7-10,15H2,1-2H3. The maximum atomic E-state index is 14.0. The molecule has 3 aromatic rings. The number of amides is 2. The Morgan fingerprint density at radius 2 is 1.57 bits per heavy atom. The van der Waals surface area contributed by atoms with E-state index in [4.69, 9.17) is 4.74 Å². The SMILES string of the molecule is COc1ncnc(N2CN(c3ccccc3C)C3(CCN(C(=O)c4cc(C(F)(F)F)cc(C(F)(F)F)c4)CC3)C2=O)n1. The third-order valence-electron chi connectivity index (χ3n) is 7.52. The molecule has 2 amide bonds. The number of aromatic nitrogens is 3. The lowest BCUT2D eigenvalue weighted by Crippen LogP contribution is -2.57. The van der Waals surface area contributed by atoms with Gasteiger partial charge in [0.1, 0.15) is 18.5 Å². The molecule has 0 bridgehead atoms. The molecule has 5 rings (SSSR count). The quantitative estimate of drug-likeness (QED) is 0.404. The first-order valence-electron chi connectivity index (χ1n) is 12.7. The zero-order valence-electron chi connectivity index (χ0n) is 22.3. The van der Waals surface area contributed by atoms with Gasteiger partial charge in [0.2, 0.25) is 5.95 Å². The largest absolute Gasteiger partial charge is 0.467 e. The summed E-state index contributed by atoms with van der Waals surface area (Å²) in [4.78, 5) is 43.8. The second kappa shape index (κ2) is 10.4. The molecular formula is C27H24F6N6O3. The highest BCUT2D eigenvalue weighted by molar-refractivity contribution is 6.05. The fraction of sp³-hybridized carbons (Fsp3) is 0.370. The molecule has 2 aliphatic heterocycles. The zero-order valence-corrected chi connectivity index (χ0v) is 22.3. The summed E-state index contributed by atoms with van der Waals surface area (Å²) in [6.07, 6.45) is -8.88. The van der Waals surface area contributed by atoms with Gasteiger partial charge in [0.05, 0.1) is 18.2 Å². The average Bonchev–Trinajstić information content (AvgIpc) is 3.23. The summed E-state index contributed by atoms with van der Waals surface area (Å²) in [6, 6.07) is 8.15. The van der Waals surface area contributed by atoms with Crippen molar-refractivity contribution in [2.45, 2.75) is 37.7 Å². The van der Waals surface area contributed by atoms with Crippen LogP contribution in [0.1, 0.15) is 39.9 Å². The van der Waals surface area contributed by atoms with E-state index in [2.05, 4.69) is 15.0 Å². The van der Waals surface area contributed by atoms with E-state index >= 15 is 0 Å². The number of para-hydroxylation sites is 1. The van der Waals surface area contributed by atoms with E-state index in [9.17, 15) is 35.9 Å². The monoisotopic (exact) mass is 594 g/mol. The lowest BCUT2D eigenvalue weighted by molar-refractivity contribution is -0.143. The minimum atomic E-state index is -5.09. The molecule has 0 aliphatic carbocycles. The number of hydrogen-bond acceptors (Lipinski definition) is 7. The van der Waals surface area contributed by atoms with Gasteiger partial charge in [-0.05, 0) is 49.6 Å². The van der Waals surface area contributed by atoms with E-state index in [1.807, 2.05) is 30.0 Å². The topological polar surface area (TPSA) is 91.8 Å². The normalized spacial score (nSPS) is 17.2. The minimum Gasteiger partial charge on any atom is -0.467 e. The predicted molar refractivity (Wildman–Crippen MR) is 137 cm³/mol. The Kier molecular flexibility index (Phi) is 7.23. The summed E-state index contributed by atoms with van der Waals surface area (Å²) in [5.41, 5.74) is -3.47. The number of nitrogens with zero attached hydrogens (tertiary/aromatic N) is 6. The highest BCUT2D eigenvalue weighted by atomic mass is 19.4. The predicted octanol–water partition coefficient (Wildman–Crippen LogP) is 4.71. The molecule has 0 unspecified atom stereocenters. The number of carbonyl (C=O) groups is 2. The van der Waals surface area contributed by atoms with Gasteiger partial charge >= 0.3 is 18.4 Å². The van der Waals surface area contributed by atoms with Crippen LogP contribution in [0.4, 0.5) is 38.0 Å². The number of carbonyl (C=O) groups excluding carboxylic acids is 2. The Morgan fingerprint density at radius 3 is 2.14 bits per heavy atom. The summed E-state index contributed by atoms with van der Waals surface area (Å²) < 4.78 is 85.4. The fourth-order valence-corrected chi connectivity index (χ4v) is 5.36. The Balaban J connectivity index is 1.47. The van der Waals surface area contributed by atoms with Gasteiger partial charge in [-0.2, -0.15) is 36.3 Å². The van der Waals surface area contributed by atoms with Crippen LogP contribution in [-0.2, 0) is 17.1 Å². The van der Waals surface area contributed by atoms with Crippen LogP contribution < -0.4 is 14.5 Å². The minimum absolute atomic E-state index is 0.00378. The van der Waals surface area contributed by atoms with Crippen LogP contribution in [0.3, 0.4) is 0 Å². The van der Waals surface area contributed by atoms with E-state index in [1.165, 1.54) is 23.2 Å². The second-order valence-electron chi connectivity index (χ2n) is 9.98. The van der Waals surface area contributed by atoms with Gasteiger partial charge in [-0.1, -0.05) is 18.2 Å². The summed E-state index contributed by atoms with van der Waals surface area (Å²) in [7, 11) is 1.36. The maximum absolute atomic E-state index is 14.0. The average molecular weight is 595 g/mol. The Hall–Kier alpha value is -4.43. The van der Waals surface area contributed by atoms with Crippen LogP contribution in [0.15, 0.2) is 48.8 Å². The molecule has 1 spiro atoms. The van der Waals surface area contributed by atoms with Crippen molar-refractivity contribution < 1.29 is 40.7 Å². The molecule has 2 saturated heterocycles. The fourth-order valence-electron chi connectivity index (χ4n) is 5.36. The van der Waals surface area contributed by atoms with E-state index in [1.54, 1.807) is 6.07 Å². The van der Waals surface area contributed by atoms with Crippen molar-refractivity contribution in [3.05, 3.63) is 71.0 Å². The molecule has 15 heteroatoms. The Morgan fingerprint density at radius 1 is 0.952 bits per heavy atom. The maximum Gasteiger partial charge on any atom is 0.416 e. The van der Waals surface area contributed by atoms with Crippen molar-refractivity contribution in [1.29, 1.82) is 0 Å². The third kappa shape index (κ3) is 5.18. The van der Waals surface area contributed by atoms with Gasteiger partial charge in [-0.15, -0.1) is 0 Å². The van der Waals surface area contributed by atoms with Crippen LogP contribution in [0.2, 0.25) is 0 Å². The molecule has 1 aromatic heterocycles. The van der Waals surface area contributed by atoms with E-state index in [0.717, 1.165) is 11.3 Å². The number of piperidine rings is 1. The van der Waals surface area contributed by atoms with Crippen molar-refractivity contribution in [2.75, 3.05) is 36.7 Å². The molecule has 0 N–H and O–H groups in total. The molecule has 2 fully saturated rings. The lowest BCUT2D eigenvalue weighted by atomic mass is 9.85. The van der Waals surface area contributed by atoms with Gasteiger partial charge < -0.3 is 14.5 Å². The number of methoxy groups -OCH3 is 1. The first-order chi connectivity index (χ1) is 19.7. The van der Waals surface area contributed by atoms with Crippen molar-refractivity contribution in [3.63, 3.8) is 0 Å². The summed E-state index contributed by atoms with van der Waals surface area (Å²) in [5, 5.41) is 0. The molecule has 0 saturated carbocycles. The number of likely N-dealkylation sites (tertiary alicyclic amines) is 1. The summed E-state index contributed by atoms with van der Waals surface area (Å²) in [5.74, 6) is -1.32. The van der Waals surface area contributed by atoms with Crippen LogP contribution >= 0.6 is 0 Å². The number of aryl methyl sites for hydroxylation is 1. The van der Waals surface area contributed by atoms with Gasteiger partial charge in [0, 0.05) is 24.3 Å². The van der Waals surface area contributed by atoms with Crippen LogP contribution in [0, 0.1) is 6.92 Å². The van der Waals surface area contributed by atoms with Crippen molar-refractivity contribution >= 4 is 23.5 Å². The van der Waals surface area contributed by atoms with Crippen molar-refractivity contribution in [2.24, 2.45) is 0 Å². The van der Waals surface area contributed by atoms with E-state index in [0.29, 0.717) is 12.1 Å². The Labute approximate surface area is 235 Å². The molecule has 42 heavy (non-hydrogen) atoms. The van der Waals surface area contributed by atoms with E-state index in [-0.39, 0.29) is 56.5 Å². The van der Waals surface area contributed by atoms with Crippen LogP contribution in [0.25, 0.3) is 0 Å². The van der Waals surface area contributed by atoms with Gasteiger partial charge in [-0.3, -0.25) is 14.5 Å².